The Morgan fingerprint density at radius 2 is 1.85 bits per heavy atom. The van der Waals surface area contributed by atoms with Crippen molar-refractivity contribution in [1.82, 2.24) is 9.97 Å². The van der Waals surface area contributed by atoms with Crippen molar-refractivity contribution in [3.63, 3.8) is 0 Å². The third kappa shape index (κ3) is 3.04. The Morgan fingerprint density at radius 1 is 1.12 bits per heavy atom. The Labute approximate surface area is 153 Å². The molecule has 0 aliphatic heterocycles. The number of rotatable bonds is 3. The zero-order valence-electron chi connectivity index (χ0n) is 14.4. The highest BCUT2D eigenvalue weighted by Crippen LogP contribution is 2.25. The van der Waals surface area contributed by atoms with Crippen LogP contribution in [-0.4, -0.2) is 17.1 Å². The lowest BCUT2D eigenvalue weighted by Crippen LogP contribution is -2.16. The molecule has 7 heteroatoms. The SMILES string of the molecule is COc1ccc(-c2cc(=O)c(-c3c(C)[nH]c(C)c(Cl)c3=O)c[nH]2)cc1F. The topological polar surface area (TPSA) is 75.0 Å². The minimum absolute atomic E-state index is 0.0475. The Hall–Kier alpha value is -2.86. The lowest BCUT2D eigenvalue weighted by Gasteiger charge is -2.10. The smallest absolute Gasteiger partial charge is 0.208 e. The zero-order chi connectivity index (χ0) is 19.0. The van der Waals surface area contributed by atoms with E-state index in [2.05, 4.69) is 9.97 Å². The Balaban J connectivity index is 2.13. The molecule has 0 bridgehead atoms. The number of nitrogens with one attached hydrogen (secondary N) is 2. The highest BCUT2D eigenvalue weighted by Gasteiger charge is 2.16. The van der Waals surface area contributed by atoms with E-state index >= 15 is 0 Å². The van der Waals surface area contributed by atoms with Gasteiger partial charge in [-0.3, -0.25) is 9.59 Å². The third-order valence-electron chi connectivity index (χ3n) is 4.15. The third-order valence-corrected chi connectivity index (χ3v) is 4.61. The maximum Gasteiger partial charge on any atom is 0.208 e. The van der Waals surface area contributed by atoms with Crippen molar-refractivity contribution in [3.05, 3.63) is 73.1 Å². The summed E-state index contributed by atoms with van der Waals surface area (Å²) >= 11 is 6.02. The molecule has 0 saturated carbocycles. The maximum absolute atomic E-state index is 13.9. The number of hydrogen-bond acceptors (Lipinski definition) is 3. The lowest BCUT2D eigenvalue weighted by atomic mass is 10.0. The molecule has 0 aliphatic carbocycles. The number of benzene rings is 1. The van der Waals surface area contributed by atoms with Crippen LogP contribution >= 0.6 is 11.6 Å². The van der Waals surface area contributed by atoms with Crippen molar-refractivity contribution in [2.24, 2.45) is 0 Å². The standard InChI is InChI=1S/C19H16ClFN2O3/c1-9-17(19(25)18(20)10(2)23-9)12-8-22-14(7-15(12)24)11-4-5-16(26-3)13(21)6-11/h4-8H,1-3H3,(H,22,24)(H,23,25). The predicted molar refractivity (Wildman–Crippen MR) is 99.5 cm³/mol. The fourth-order valence-electron chi connectivity index (χ4n) is 2.84. The summed E-state index contributed by atoms with van der Waals surface area (Å²) in [4.78, 5) is 31.0. The van der Waals surface area contributed by atoms with E-state index in [4.69, 9.17) is 16.3 Å². The molecule has 0 aliphatic rings. The summed E-state index contributed by atoms with van der Waals surface area (Å²) in [5.41, 5.74) is 1.63. The van der Waals surface area contributed by atoms with Crippen molar-refractivity contribution >= 4 is 11.6 Å². The van der Waals surface area contributed by atoms with E-state index in [0.717, 1.165) is 0 Å². The van der Waals surface area contributed by atoms with Crippen molar-refractivity contribution in [2.75, 3.05) is 7.11 Å². The molecule has 2 heterocycles. The van der Waals surface area contributed by atoms with Gasteiger partial charge < -0.3 is 14.7 Å². The minimum Gasteiger partial charge on any atom is -0.494 e. The zero-order valence-corrected chi connectivity index (χ0v) is 15.1. The van der Waals surface area contributed by atoms with Crippen LogP contribution in [0.2, 0.25) is 5.02 Å². The highest BCUT2D eigenvalue weighted by atomic mass is 35.5. The molecule has 2 N–H and O–H groups in total. The molecule has 3 rings (SSSR count). The number of ether oxygens (including phenoxy) is 1. The van der Waals surface area contributed by atoms with Crippen molar-refractivity contribution in [2.45, 2.75) is 13.8 Å². The fourth-order valence-corrected chi connectivity index (χ4v) is 2.98. The monoisotopic (exact) mass is 374 g/mol. The first kappa shape index (κ1) is 17.9. The quantitative estimate of drug-likeness (QED) is 0.732. The molecule has 0 atom stereocenters. The summed E-state index contributed by atoms with van der Waals surface area (Å²) in [7, 11) is 1.38. The van der Waals surface area contributed by atoms with E-state index in [-0.39, 0.29) is 27.3 Å². The summed E-state index contributed by atoms with van der Waals surface area (Å²) in [6, 6.07) is 5.70. The average Bonchev–Trinajstić information content (AvgIpc) is 2.61. The van der Waals surface area contributed by atoms with Gasteiger partial charge in [-0.1, -0.05) is 11.6 Å². The molecule has 5 nitrogen and oxygen atoms in total. The number of pyridine rings is 2. The van der Waals surface area contributed by atoms with Crippen LogP contribution in [0.3, 0.4) is 0 Å². The molecule has 0 spiro atoms. The molecule has 0 unspecified atom stereocenters. The van der Waals surface area contributed by atoms with Gasteiger partial charge in [-0.15, -0.1) is 0 Å². The van der Waals surface area contributed by atoms with Gasteiger partial charge in [0, 0.05) is 34.9 Å². The van der Waals surface area contributed by atoms with Crippen LogP contribution < -0.4 is 15.6 Å². The molecule has 1 aromatic carbocycles. The van der Waals surface area contributed by atoms with E-state index < -0.39 is 11.2 Å². The number of halogens is 2. The molecular formula is C19H16ClFN2O3. The maximum atomic E-state index is 13.9. The summed E-state index contributed by atoms with van der Waals surface area (Å²) in [6.45, 7) is 3.39. The van der Waals surface area contributed by atoms with Crippen LogP contribution in [0.4, 0.5) is 4.39 Å². The van der Waals surface area contributed by atoms with Gasteiger partial charge in [0.15, 0.2) is 17.0 Å². The largest absolute Gasteiger partial charge is 0.494 e. The van der Waals surface area contributed by atoms with Crippen LogP contribution in [0, 0.1) is 19.7 Å². The Kier molecular flexibility index (Phi) is 4.70. The second kappa shape index (κ2) is 6.80. The number of hydrogen-bond donors (Lipinski definition) is 2. The van der Waals surface area contributed by atoms with Gasteiger partial charge in [0.1, 0.15) is 5.02 Å². The fraction of sp³-hybridized carbons (Fsp3) is 0.158. The minimum atomic E-state index is -0.535. The average molecular weight is 375 g/mol. The molecule has 0 saturated heterocycles. The first-order valence-electron chi connectivity index (χ1n) is 7.79. The molecule has 26 heavy (non-hydrogen) atoms. The molecular weight excluding hydrogens is 359 g/mol. The summed E-state index contributed by atoms with van der Waals surface area (Å²) < 4.78 is 18.8. The van der Waals surface area contributed by atoms with E-state index in [0.29, 0.717) is 22.6 Å². The molecule has 0 radical (unpaired) electrons. The second-order valence-electron chi connectivity index (χ2n) is 5.87. The van der Waals surface area contributed by atoms with Crippen molar-refractivity contribution < 1.29 is 9.13 Å². The van der Waals surface area contributed by atoms with Gasteiger partial charge in [-0.2, -0.15) is 0 Å². The molecule has 134 valence electrons. The van der Waals surface area contributed by atoms with Crippen LogP contribution in [0.25, 0.3) is 22.4 Å². The first-order valence-corrected chi connectivity index (χ1v) is 8.17. The van der Waals surface area contributed by atoms with Gasteiger partial charge in [0.2, 0.25) is 5.43 Å². The van der Waals surface area contributed by atoms with Gasteiger partial charge >= 0.3 is 0 Å². The number of aryl methyl sites for hydroxylation is 2. The molecule has 3 aromatic rings. The molecule has 2 aromatic heterocycles. The van der Waals surface area contributed by atoms with Crippen molar-refractivity contribution in [3.8, 4) is 28.1 Å². The normalized spacial score (nSPS) is 10.8. The lowest BCUT2D eigenvalue weighted by molar-refractivity contribution is 0.386. The van der Waals surface area contributed by atoms with Crippen LogP contribution in [0.1, 0.15) is 11.4 Å². The van der Waals surface area contributed by atoms with E-state index in [1.807, 2.05) is 0 Å². The molecule has 0 fully saturated rings. The number of methoxy groups -OCH3 is 1. The first-order chi connectivity index (χ1) is 12.3. The number of aromatic amines is 2. The summed E-state index contributed by atoms with van der Waals surface area (Å²) in [6.07, 6.45) is 1.43. The van der Waals surface area contributed by atoms with Crippen LogP contribution in [-0.2, 0) is 0 Å². The molecule has 0 amide bonds. The van der Waals surface area contributed by atoms with Crippen molar-refractivity contribution in [1.29, 1.82) is 0 Å². The number of H-pyrrole nitrogens is 2. The summed E-state index contributed by atoms with van der Waals surface area (Å²) in [5.74, 6) is -0.420. The Morgan fingerprint density at radius 3 is 2.46 bits per heavy atom. The Bertz CT molecular complexity index is 1120. The second-order valence-corrected chi connectivity index (χ2v) is 6.25. The van der Waals surface area contributed by atoms with E-state index in [9.17, 15) is 14.0 Å². The van der Waals surface area contributed by atoms with Crippen LogP contribution in [0.5, 0.6) is 5.75 Å². The van der Waals surface area contributed by atoms with Gasteiger partial charge in [-0.05, 0) is 32.0 Å². The van der Waals surface area contributed by atoms with Crippen LogP contribution in [0.15, 0.2) is 40.1 Å². The van der Waals surface area contributed by atoms with Gasteiger partial charge in [0.05, 0.1) is 18.2 Å². The van der Waals surface area contributed by atoms with E-state index in [1.165, 1.54) is 31.5 Å². The van der Waals surface area contributed by atoms with Gasteiger partial charge in [-0.25, -0.2) is 4.39 Å². The van der Waals surface area contributed by atoms with E-state index in [1.54, 1.807) is 19.9 Å². The number of aromatic nitrogens is 2. The predicted octanol–water partition coefficient (Wildman–Crippen LogP) is 3.82. The highest BCUT2D eigenvalue weighted by molar-refractivity contribution is 6.31. The summed E-state index contributed by atoms with van der Waals surface area (Å²) in [5, 5.41) is 0.0475. The van der Waals surface area contributed by atoms with Gasteiger partial charge in [0.25, 0.3) is 0 Å².